The Morgan fingerprint density at radius 1 is 1.33 bits per heavy atom. The smallest absolute Gasteiger partial charge is 0.233 e. The van der Waals surface area contributed by atoms with Crippen molar-refractivity contribution in [3.8, 4) is 17.1 Å². The molecule has 27 heavy (non-hydrogen) atoms. The number of thiophene rings is 1. The number of aromatic amines is 1. The van der Waals surface area contributed by atoms with E-state index in [-0.39, 0.29) is 11.7 Å². The molecule has 0 radical (unpaired) electrons. The standard InChI is InChI=1S/C17H16Cl2N4O2S2/c1-23(8-11-4-6-14(19)27-11)15(24)9-26-17-20-16(21-22-17)12-7-10(18)3-5-13(12)25-2/h3-7H,8-9H2,1-2H3,(H,20,21,22). The summed E-state index contributed by atoms with van der Waals surface area (Å²) in [5.41, 5.74) is 0.711. The van der Waals surface area contributed by atoms with Gasteiger partial charge in [-0.3, -0.25) is 9.89 Å². The molecule has 0 aliphatic carbocycles. The Balaban J connectivity index is 1.61. The van der Waals surface area contributed by atoms with Crippen LogP contribution in [-0.4, -0.2) is 45.9 Å². The Morgan fingerprint density at radius 3 is 2.85 bits per heavy atom. The van der Waals surface area contributed by atoms with E-state index in [4.69, 9.17) is 27.9 Å². The number of H-pyrrole nitrogens is 1. The molecule has 0 spiro atoms. The van der Waals surface area contributed by atoms with E-state index in [1.54, 1.807) is 37.3 Å². The van der Waals surface area contributed by atoms with Gasteiger partial charge in [-0.1, -0.05) is 35.0 Å². The predicted molar refractivity (Wildman–Crippen MR) is 110 cm³/mol. The van der Waals surface area contributed by atoms with E-state index >= 15 is 0 Å². The number of hydrogen-bond acceptors (Lipinski definition) is 6. The van der Waals surface area contributed by atoms with Gasteiger partial charge in [0.05, 0.1) is 29.3 Å². The lowest BCUT2D eigenvalue weighted by atomic mass is 10.2. The van der Waals surface area contributed by atoms with Crippen molar-refractivity contribution >= 4 is 52.2 Å². The number of nitrogens with one attached hydrogen (secondary N) is 1. The van der Waals surface area contributed by atoms with E-state index in [0.29, 0.717) is 38.2 Å². The molecular weight excluding hydrogens is 427 g/mol. The van der Waals surface area contributed by atoms with E-state index in [9.17, 15) is 4.79 Å². The van der Waals surface area contributed by atoms with Gasteiger partial charge in [-0.05, 0) is 30.3 Å². The summed E-state index contributed by atoms with van der Waals surface area (Å²) < 4.78 is 6.04. The lowest BCUT2D eigenvalue weighted by Gasteiger charge is -2.15. The van der Waals surface area contributed by atoms with Gasteiger partial charge in [0, 0.05) is 16.9 Å². The second kappa shape index (κ2) is 8.97. The first-order valence-corrected chi connectivity index (χ1v) is 10.4. The van der Waals surface area contributed by atoms with Crippen molar-refractivity contribution in [1.82, 2.24) is 20.1 Å². The first-order chi connectivity index (χ1) is 13.0. The molecule has 6 nitrogen and oxygen atoms in total. The zero-order chi connectivity index (χ0) is 19.4. The quantitative estimate of drug-likeness (QED) is 0.541. The summed E-state index contributed by atoms with van der Waals surface area (Å²) in [6.07, 6.45) is 0. The zero-order valence-corrected chi connectivity index (χ0v) is 17.7. The maximum Gasteiger partial charge on any atom is 0.233 e. The summed E-state index contributed by atoms with van der Waals surface area (Å²) in [4.78, 5) is 19.4. The minimum Gasteiger partial charge on any atom is -0.496 e. The lowest BCUT2D eigenvalue weighted by Crippen LogP contribution is -2.27. The molecule has 2 heterocycles. The van der Waals surface area contributed by atoms with E-state index in [1.165, 1.54) is 23.1 Å². The Hall–Kier alpha value is -1.74. The topological polar surface area (TPSA) is 71.1 Å². The third-order valence-corrected chi connectivity index (χ3v) is 5.94. The third-order valence-electron chi connectivity index (χ3n) is 3.65. The molecule has 142 valence electrons. The molecule has 0 bridgehead atoms. The number of methoxy groups -OCH3 is 1. The van der Waals surface area contributed by atoms with Gasteiger partial charge in [0.1, 0.15) is 5.75 Å². The molecule has 1 amide bonds. The largest absolute Gasteiger partial charge is 0.496 e. The van der Waals surface area contributed by atoms with Gasteiger partial charge in [-0.2, -0.15) is 0 Å². The summed E-state index contributed by atoms with van der Waals surface area (Å²) in [5, 5.41) is 8.07. The fourth-order valence-corrected chi connectivity index (χ4v) is 4.34. The van der Waals surface area contributed by atoms with Crippen molar-refractivity contribution in [3.05, 3.63) is 44.6 Å². The maximum absolute atomic E-state index is 12.3. The molecule has 3 rings (SSSR count). The molecule has 0 saturated carbocycles. The Labute approximate surface area is 174 Å². The van der Waals surface area contributed by atoms with Crippen LogP contribution >= 0.6 is 46.3 Å². The number of carbonyl (C=O) groups is 1. The average molecular weight is 443 g/mol. The van der Waals surface area contributed by atoms with Crippen LogP contribution in [0.2, 0.25) is 9.36 Å². The molecule has 0 fully saturated rings. The van der Waals surface area contributed by atoms with Crippen LogP contribution in [0.1, 0.15) is 4.88 Å². The fraction of sp³-hybridized carbons (Fsp3) is 0.235. The van der Waals surface area contributed by atoms with Crippen LogP contribution in [0.4, 0.5) is 0 Å². The average Bonchev–Trinajstić information content (AvgIpc) is 3.28. The highest BCUT2D eigenvalue weighted by Crippen LogP contribution is 2.31. The molecular formula is C17H16Cl2N4O2S2. The Kier molecular flexibility index (Phi) is 6.64. The number of ether oxygens (including phenoxy) is 1. The minimum absolute atomic E-state index is 0.0174. The molecule has 0 aliphatic heterocycles. The highest BCUT2D eigenvalue weighted by molar-refractivity contribution is 7.99. The molecule has 0 atom stereocenters. The minimum atomic E-state index is -0.0174. The van der Waals surface area contributed by atoms with Crippen LogP contribution in [0.3, 0.4) is 0 Å². The monoisotopic (exact) mass is 442 g/mol. The third kappa shape index (κ3) is 5.16. The van der Waals surface area contributed by atoms with E-state index in [0.717, 1.165) is 4.88 Å². The summed E-state index contributed by atoms with van der Waals surface area (Å²) in [6, 6.07) is 9.01. The number of halogens is 2. The van der Waals surface area contributed by atoms with Gasteiger partial charge in [0.25, 0.3) is 0 Å². The van der Waals surface area contributed by atoms with Crippen LogP contribution in [0, 0.1) is 0 Å². The number of nitrogens with zero attached hydrogens (tertiary/aromatic N) is 3. The van der Waals surface area contributed by atoms with Crippen LogP contribution in [0.25, 0.3) is 11.4 Å². The summed E-state index contributed by atoms with van der Waals surface area (Å²) in [5.74, 6) is 1.39. The predicted octanol–water partition coefficient (Wildman–Crippen LogP) is 4.60. The summed E-state index contributed by atoms with van der Waals surface area (Å²) >= 11 is 14.7. The Morgan fingerprint density at radius 2 is 2.15 bits per heavy atom. The van der Waals surface area contributed by atoms with Crippen molar-refractivity contribution in [1.29, 1.82) is 0 Å². The number of thioether (sulfide) groups is 1. The molecule has 2 aromatic heterocycles. The van der Waals surface area contributed by atoms with Crippen molar-refractivity contribution < 1.29 is 9.53 Å². The summed E-state index contributed by atoms with van der Waals surface area (Å²) in [6.45, 7) is 0.524. The molecule has 1 N–H and O–H groups in total. The molecule has 1 aromatic carbocycles. The van der Waals surface area contributed by atoms with Crippen LogP contribution in [0.15, 0.2) is 35.5 Å². The molecule has 0 aliphatic rings. The number of rotatable bonds is 7. The molecule has 0 saturated heterocycles. The first kappa shape index (κ1) is 20.0. The lowest BCUT2D eigenvalue weighted by molar-refractivity contribution is -0.127. The van der Waals surface area contributed by atoms with Crippen molar-refractivity contribution in [2.75, 3.05) is 19.9 Å². The van der Waals surface area contributed by atoms with Gasteiger partial charge in [0.2, 0.25) is 11.1 Å². The molecule has 0 unspecified atom stereocenters. The van der Waals surface area contributed by atoms with E-state index in [1.807, 2.05) is 12.1 Å². The molecule has 3 aromatic rings. The van der Waals surface area contributed by atoms with Gasteiger partial charge < -0.3 is 9.64 Å². The fourth-order valence-electron chi connectivity index (χ4n) is 2.29. The normalized spacial score (nSPS) is 10.8. The van der Waals surface area contributed by atoms with E-state index < -0.39 is 0 Å². The number of aromatic nitrogens is 3. The Bertz CT molecular complexity index is 945. The number of benzene rings is 1. The van der Waals surface area contributed by atoms with Crippen molar-refractivity contribution in [2.45, 2.75) is 11.7 Å². The zero-order valence-electron chi connectivity index (χ0n) is 14.5. The van der Waals surface area contributed by atoms with Gasteiger partial charge in [0.15, 0.2) is 5.82 Å². The van der Waals surface area contributed by atoms with Crippen LogP contribution in [0.5, 0.6) is 5.75 Å². The van der Waals surface area contributed by atoms with Gasteiger partial charge >= 0.3 is 0 Å². The number of carbonyl (C=O) groups excluding carboxylic acids is 1. The number of hydrogen-bond donors (Lipinski definition) is 1. The second-order valence-corrected chi connectivity index (χ2v) is 8.73. The van der Waals surface area contributed by atoms with Crippen molar-refractivity contribution in [2.24, 2.45) is 0 Å². The highest BCUT2D eigenvalue weighted by atomic mass is 35.5. The highest BCUT2D eigenvalue weighted by Gasteiger charge is 2.15. The number of amides is 1. The SMILES string of the molecule is COc1ccc(Cl)cc1-c1nc(SCC(=O)N(C)Cc2ccc(Cl)s2)n[nH]1. The maximum atomic E-state index is 12.3. The van der Waals surface area contributed by atoms with Gasteiger partial charge in [-0.15, -0.1) is 16.4 Å². The first-order valence-electron chi connectivity index (χ1n) is 7.83. The van der Waals surface area contributed by atoms with Gasteiger partial charge in [-0.25, -0.2) is 4.98 Å². The van der Waals surface area contributed by atoms with Crippen LogP contribution in [-0.2, 0) is 11.3 Å². The second-order valence-electron chi connectivity index (χ2n) is 5.56. The van der Waals surface area contributed by atoms with Crippen molar-refractivity contribution in [3.63, 3.8) is 0 Å². The molecule has 10 heteroatoms. The summed E-state index contributed by atoms with van der Waals surface area (Å²) in [7, 11) is 3.34. The van der Waals surface area contributed by atoms with Crippen LogP contribution < -0.4 is 4.74 Å². The van der Waals surface area contributed by atoms with E-state index in [2.05, 4.69) is 15.2 Å².